The summed E-state index contributed by atoms with van der Waals surface area (Å²) in [4.78, 5) is 24.3. The van der Waals surface area contributed by atoms with Gasteiger partial charge in [0.15, 0.2) is 0 Å². The zero-order valence-corrected chi connectivity index (χ0v) is 13.6. The maximum Gasteiger partial charge on any atom is 0.255 e. The maximum absolute atomic E-state index is 12.3. The van der Waals surface area contributed by atoms with Gasteiger partial charge in [-0.25, -0.2) is 0 Å². The highest BCUT2D eigenvalue weighted by molar-refractivity contribution is 6.06. The Morgan fingerprint density at radius 2 is 1.61 bits per heavy atom. The fourth-order valence-corrected chi connectivity index (χ4v) is 2.12. The van der Waals surface area contributed by atoms with Gasteiger partial charge in [-0.05, 0) is 43.7 Å². The SMILES string of the molecule is CCCCNC(=O)c1cccc(C(=O)Nc2ccc(C)cc2)c1. The van der Waals surface area contributed by atoms with Crippen LogP contribution >= 0.6 is 0 Å². The predicted molar refractivity (Wildman–Crippen MR) is 92.8 cm³/mol. The monoisotopic (exact) mass is 310 g/mol. The van der Waals surface area contributed by atoms with Crippen LogP contribution in [-0.2, 0) is 0 Å². The molecule has 0 heterocycles. The molecule has 0 spiro atoms. The van der Waals surface area contributed by atoms with Crippen LogP contribution in [0.3, 0.4) is 0 Å². The van der Waals surface area contributed by atoms with Crippen molar-refractivity contribution in [2.24, 2.45) is 0 Å². The summed E-state index contributed by atoms with van der Waals surface area (Å²) in [5, 5.41) is 5.68. The van der Waals surface area contributed by atoms with Crippen molar-refractivity contribution >= 4 is 17.5 Å². The average Bonchev–Trinajstić information content (AvgIpc) is 2.57. The minimum atomic E-state index is -0.225. The third-order valence-electron chi connectivity index (χ3n) is 3.51. The highest BCUT2D eigenvalue weighted by atomic mass is 16.2. The Morgan fingerprint density at radius 1 is 0.957 bits per heavy atom. The van der Waals surface area contributed by atoms with E-state index in [1.807, 2.05) is 31.2 Å². The molecule has 0 radical (unpaired) electrons. The van der Waals surface area contributed by atoms with Crippen LogP contribution in [0.25, 0.3) is 0 Å². The van der Waals surface area contributed by atoms with Gasteiger partial charge in [0, 0.05) is 23.4 Å². The molecule has 2 N–H and O–H groups in total. The number of benzene rings is 2. The molecule has 0 aromatic heterocycles. The zero-order chi connectivity index (χ0) is 16.7. The molecule has 2 aromatic rings. The molecule has 0 aliphatic carbocycles. The molecule has 120 valence electrons. The Labute approximate surface area is 136 Å². The molecule has 0 fully saturated rings. The molecule has 0 bridgehead atoms. The molecule has 0 atom stereocenters. The minimum Gasteiger partial charge on any atom is -0.352 e. The summed E-state index contributed by atoms with van der Waals surface area (Å²) in [5.41, 5.74) is 2.83. The first-order valence-electron chi connectivity index (χ1n) is 7.86. The van der Waals surface area contributed by atoms with Crippen LogP contribution in [0, 0.1) is 6.92 Å². The van der Waals surface area contributed by atoms with Crippen molar-refractivity contribution in [1.82, 2.24) is 5.32 Å². The number of carbonyl (C=O) groups excluding carboxylic acids is 2. The van der Waals surface area contributed by atoms with Gasteiger partial charge in [0.1, 0.15) is 0 Å². The third-order valence-corrected chi connectivity index (χ3v) is 3.51. The van der Waals surface area contributed by atoms with E-state index in [1.165, 1.54) is 0 Å². The molecule has 0 saturated carbocycles. The molecule has 2 rings (SSSR count). The van der Waals surface area contributed by atoms with Crippen molar-refractivity contribution in [3.8, 4) is 0 Å². The summed E-state index contributed by atoms with van der Waals surface area (Å²) < 4.78 is 0. The molecule has 2 aromatic carbocycles. The Hall–Kier alpha value is -2.62. The van der Waals surface area contributed by atoms with Crippen LogP contribution in [0.1, 0.15) is 46.0 Å². The standard InChI is InChI=1S/C19H22N2O2/c1-3-4-12-20-18(22)15-6-5-7-16(13-15)19(23)21-17-10-8-14(2)9-11-17/h5-11,13H,3-4,12H2,1-2H3,(H,20,22)(H,21,23). The van der Waals surface area contributed by atoms with Crippen molar-refractivity contribution in [2.45, 2.75) is 26.7 Å². The molecule has 0 aliphatic rings. The van der Waals surface area contributed by atoms with Crippen molar-refractivity contribution in [1.29, 1.82) is 0 Å². The number of unbranched alkanes of at least 4 members (excludes halogenated alkanes) is 1. The lowest BCUT2D eigenvalue weighted by atomic mass is 10.1. The largest absolute Gasteiger partial charge is 0.352 e. The number of carbonyl (C=O) groups is 2. The second-order valence-electron chi connectivity index (χ2n) is 5.51. The molecule has 0 aliphatic heterocycles. The Morgan fingerprint density at radius 3 is 2.26 bits per heavy atom. The van der Waals surface area contributed by atoms with E-state index in [9.17, 15) is 9.59 Å². The van der Waals surface area contributed by atoms with E-state index < -0.39 is 0 Å². The number of rotatable bonds is 6. The van der Waals surface area contributed by atoms with Gasteiger partial charge in [-0.3, -0.25) is 9.59 Å². The third kappa shape index (κ3) is 4.95. The van der Waals surface area contributed by atoms with E-state index in [2.05, 4.69) is 17.6 Å². The van der Waals surface area contributed by atoms with Gasteiger partial charge in [0.25, 0.3) is 11.8 Å². The van der Waals surface area contributed by atoms with Gasteiger partial charge in [-0.1, -0.05) is 37.1 Å². The summed E-state index contributed by atoms with van der Waals surface area (Å²) in [5.74, 6) is -0.375. The predicted octanol–water partition coefficient (Wildman–Crippen LogP) is 3.78. The number of hydrogen-bond acceptors (Lipinski definition) is 2. The van der Waals surface area contributed by atoms with Crippen LogP contribution in [0.5, 0.6) is 0 Å². The summed E-state index contributed by atoms with van der Waals surface area (Å²) in [6, 6.07) is 14.3. The van der Waals surface area contributed by atoms with E-state index in [-0.39, 0.29) is 11.8 Å². The van der Waals surface area contributed by atoms with Crippen molar-refractivity contribution in [3.05, 3.63) is 65.2 Å². The molecule has 0 saturated heterocycles. The smallest absolute Gasteiger partial charge is 0.255 e. The second kappa shape index (κ2) is 8.13. The van der Waals surface area contributed by atoms with Crippen molar-refractivity contribution in [3.63, 3.8) is 0 Å². The van der Waals surface area contributed by atoms with Crippen molar-refractivity contribution in [2.75, 3.05) is 11.9 Å². The first-order valence-corrected chi connectivity index (χ1v) is 7.86. The fourth-order valence-electron chi connectivity index (χ4n) is 2.12. The zero-order valence-electron chi connectivity index (χ0n) is 13.6. The van der Waals surface area contributed by atoms with E-state index in [4.69, 9.17) is 0 Å². The van der Waals surface area contributed by atoms with Crippen LogP contribution in [0.4, 0.5) is 5.69 Å². The summed E-state index contributed by atoms with van der Waals surface area (Å²) in [6.07, 6.45) is 1.97. The summed E-state index contributed by atoms with van der Waals surface area (Å²) in [6.45, 7) is 4.71. The highest BCUT2D eigenvalue weighted by Gasteiger charge is 2.10. The molecule has 4 heteroatoms. The topological polar surface area (TPSA) is 58.2 Å². The van der Waals surface area contributed by atoms with Gasteiger partial charge in [0.2, 0.25) is 0 Å². The second-order valence-corrected chi connectivity index (χ2v) is 5.51. The molecular formula is C19H22N2O2. The molecule has 4 nitrogen and oxygen atoms in total. The first-order chi connectivity index (χ1) is 11.1. The first kappa shape index (κ1) is 16.7. The van der Waals surface area contributed by atoms with Gasteiger partial charge in [0.05, 0.1) is 0 Å². The van der Waals surface area contributed by atoms with Crippen LogP contribution in [0.2, 0.25) is 0 Å². The average molecular weight is 310 g/mol. The van der Waals surface area contributed by atoms with Crippen LogP contribution < -0.4 is 10.6 Å². The van der Waals surface area contributed by atoms with E-state index in [0.717, 1.165) is 24.1 Å². The number of nitrogens with one attached hydrogen (secondary N) is 2. The van der Waals surface area contributed by atoms with Gasteiger partial charge in [-0.15, -0.1) is 0 Å². The van der Waals surface area contributed by atoms with E-state index in [0.29, 0.717) is 17.7 Å². The summed E-state index contributed by atoms with van der Waals surface area (Å²) >= 11 is 0. The lowest BCUT2D eigenvalue weighted by Gasteiger charge is -2.08. The molecule has 23 heavy (non-hydrogen) atoms. The number of aryl methyl sites for hydroxylation is 1. The molecular weight excluding hydrogens is 288 g/mol. The maximum atomic E-state index is 12.3. The normalized spacial score (nSPS) is 10.2. The lowest BCUT2D eigenvalue weighted by molar-refractivity contribution is 0.0953. The highest BCUT2D eigenvalue weighted by Crippen LogP contribution is 2.12. The quantitative estimate of drug-likeness (QED) is 0.798. The van der Waals surface area contributed by atoms with Crippen LogP contribution in [0.15, 0.2) is 48.5 Å². The van der Waals surface area contributed by atoms with E-state index in [1.54, 1.807) is 24.3 Å². The van der Waals surface area contributed by atoms with Gasteiger partial charge < -0.3 is 10.6 Å². The van der Waals surface area contributed by atoms with Crippen molar-refractivity contribution < 1.29 is 9.59 Å². The lowest BCUT2D eigenvalue weighted by Crippen LogP contribution is -2.24. The molecule has 0 unspecified atom stereocenters. The molecule has 2 amide bonds. The van der Waals surface area contributed by atoms with E-state index >= 15 is 0 Å². The number of amides is 2. The fraction of sp³-hybridized carbons (Fsp3) is 0.263. The van der Waals surface area contributed by atoms with Crippen LogP contribution in [-0.4, -0.2) is 18.4 Å². The number of anilines is 1. The number of hydrogen-bond donors (Lipinski definition) is 2. The Balaban J connectivity index is 2.04. The Kier molecular flexibility index (Phi) is 5.92. The summed E-state index contributed by atoms with van der Waals surface area (Å²) in [7, 11) is 0. The van der Waals surface area contributed by atoms with Gasteiger partial charge >= 0.3 is 0 Å². The van der Waals surface area contributed by atoms with Gasteiger partial charge in [-0.2, -0.15) is 0 Å². The Bertz CT molecular complexity index is 678. The minimum absolute atomic E-state index is 0.150.